The van der Waals surface area contributed by atoms with E-state index >= 15 is 0 Å². The van der Waals surface area contributed by atoms with Crippen LogP contribution in [0.2, 0.25) is 0 Å². The maximum atomic E-state index is 13.7. The van der Waals surface area contributed by atoms with Gasteiger partial charge in [0.25, 0.3) is 5.91 Å². The van der Waals surface area contributed by atoms with Crippen LogP contribution in [0.4, 0.5) is 26.4 Å². The van der Waals surface area contributed by atoms with E-state index in [9.17, 15) is 19.1 Å². The van der Waals surface area contributed by atoms with E-state index in [1.165, 1.54) is 0 Å². The molecule has 1 aromatic carbocycles. The molecule has 0 saturated carbocycles. The van der Waals surface area contributed by atoms with Gasteiger partial charge in [-0.3, -0.25) is 14.2 Å². The number of alkyl halides is 1. The van der Waals surface area contributed by atoms with Crippen LogP contribution in [0.3, 0.4) is 0 Å². The van der Waals surface area contributed by atoms with Crippen molar-refractivity contribution in [3.05, 3.63) is 66.4 Å². The van der Waals surface area contributed by atoms with Crippen LogP contribution >= 0.6 is 0 Å². The number of β-amino-alcohol motifs (C(OH)–C–C–N with tert-alkyl or cyclic N) is 1. The Morgan fingerprint density at radius 2 is 1.98 bits per heavy atom. The molecule has 1 fully saturated rings. The van der Waals surface area contributed by atoms with Gasteiger partial charge in [0.2, 0.25) is 0 Å². The molecule has 6 rings (SSSR count). The summed E-state index contributed by atoms with van der Waals surface area (Å²) in [5.41, 5.74) is 3.64. The van der Waals surface area contributed by atoms with Crippen LogP contribution in [-0.2, 0) is 11.3 Å². The number of benzene rings is 1. The number of ether oxygens (including phenoxy) is 1. The van der Waals surface area contributed by atoms with Crippen LogP contribution in [0.1, 0.15) is 43.1 Å². The molecule has 212 valence electrons. The fraction of sp³-hybridized carbons (Fsp3) is 0.345. The van der Waals surface area contributed by atoms with Gasteiger partial charge in [0.05, 0.1) is 47.8 Å². The number of hydrogen-bond acceptors (Lipinski definition) is 9. The number of piperidine rings is 1. The summed E-state index contributed by atoms with van der Waals surface area (Å²) in [6.45, 7) is 5.96. The van der Waals surface area contributed by atoms with Gasteiger partial charge in [0.1, 0.15) is 23.7 Å². The number of aliphatic hydroxyl groups excluding tert-OH is 1. The first-order chi connectivity index (χ1) is 19.6. The molecular weight excluding hydrogens is 529 g/mol. The third-order valence-corrected chi connectivity index (χ3v) is 7.17. The minimum Gasteiger partial charge on any atom is -0.443 e. The van der Waals surface area contributed by atoms with Crippen molar-refractivity contribution in [3.63, 3.8) is 0 Å². The number of carbonyl (C=O) groups is 2. The minimum absolute atomic E-state index is 0.0332. The van der Waals surface area contributed by atoms with Crippen LogP contribution < -0.4 is 10.2 Å². The molecule has 2 aliphatic rings. The van der Waals surface area contributed by atoms with Gasteiger partial charge in [-0.2, -0.15) is 0 Å². The number of aliphatic hydroxyl groups is 1. The largest absolute Gasteiger partial charge is 0.443 e. The predicted octanol–water partition coefficient (Wildman–Crippen LogP) is 4.33. The zero-order valence-electron chi connectivity index (χ0n) is 22.9. The minimum atomic E-state index is -1.22. The van der Waals surface area contributed by atoms with Crippen molar-refractivity contribution in [1.29, 1.82) is 0 Å². The molecule has 41 heavy (non-hydrogen) atoms. The summed E-state index contributed by atoms with van der Waals surface area (Å²) in [5.74, 6) is 0.00260. The molecular formula is C29H30FN7O4. The molecule has 1 unspecified atom stereocenters. The molecule has 2 amide bonds. The number of nitrogens with one attached hydrogen (secondary N) is 1. The zero-order valence-corrected chi connectivity index (χ0v) is 22.9. The third kappa shape index (κ3) is 5.06. The summed E-state index contributed by atoms with van der Waals surface area (Å²) in [4.78, 5) is 42.8. The monoisotopic (exact) mass is 559 g/mol. The number of imidazole rings is 1. The third-order valence-electron chi connectivity index (χ3n) is 7.17. The summed E-state index contributed by atoms with van der Waals surface area (Å²) in [5, 5.41) is 13.1. The average molecular weight is 560 g/mol. The summed E-state index contributed by atoms with van der Waals surface area (Å²) in [6, 6.07) is 7.25. The Labute approximate surface area is 235 Å². The Bertz CT molecular complexity index is 1630. The van der Waals surface area contributed by atoms with Gasteiger partial charge in [-0.05, 0) is 51.0 Å². The molecule has 2 atom stereocenters. The van der Waals surface area contributed by atoms with Crippen LogP contribution in [0, 0.1) is 0 Å². The fourth-order valence-electron chi connectivity index (χ4n) is 5.19. The second-order valence-corrected chi connectivity index (χ2v) is 11.2. The number of carbonyl (C=O) groups excluding carboxylic acids is 2. The number of fused-ring (bicyclic) bond motifs is 2. The number of pyridine rings is 1. The van der Waals surface area contributed by atoms with E-state index in [0.717, 1.165) is 21.8 Å². The second-order valence-electron chi connectivity index (χ2n) is 11.2. The van der Waals surface area contributed by atoms with Crippen LogP contribution in [0.15, 0.2) is 55.2 Å². The Morgan fingerprint density at radius 3 is 2.71 bits per heavy atom. The number of halogens is 1. The van der Waals surface area contributed by atoms with E-state index in [-0.39, 0.29) is 19.5 Å². The maximum Gasteiger partial charge on any atom is 0.417 e. The van der Waals surface area contributed by atoms with Crippen LogP contribution in [0.5, 0.6) is 0 Å². The molecule has 2 aliphatic heterocycles. The highest BCUT2D eigenvalue weighted by atomic mass is 19.1. The molecule has 0 aliphatic carbocycles. The number of nitrogens with zero attached hydrogens (tertiary/aromatic N) is 6. The fourth-order valence-corrected chi connectivity index (χ4v) is 5.19. The molecule has 1 saturated heterocycles. The SMILES string of the molecule is CC(C)(C)OC(=O)N1Cc2c(-c3cnc4cnccn34)ccc(Nc3ccc(N4CCC(F)[C@@H](O)C4)cn3)c2C1=O. The van der Waals surface area contributed by atoms with Crippen molar-refractivity contribution < 1.29 is 23.8 Å². The topological polar surface area (TPSA) is 125 Å². The molecule has 12 heteroatoms. The molecule has 0 bridgehead atoms. The molecule has 0 radical (unpaired) electrons. The first-order valence-corrected chi connectivity index (χ1v) is 13.4. The summed E-state index contributed by atoms with van der Waals surface area (Å²) in [6.07, 6.45) is 5.71. The lowest BCUT2D eigenvalue weighted by Crippen LogP contribution is -2.45. The van der Waals surface area contributed by atoms with E-state index in [1.807, 2.05) is 21.4 Å². The highest BCUT2D eigenvalue weighted by molar-refractivity contribution is 6.11. The van der Waals surface area contributed by atoms with Crippen molar-refractivity contribution >= 4 is 34.8 Å². The highest BCUT2D eigenvalue weighted by Gasteiger charge is 2.39. The van der Waals surface area contributed by atoms with E-state index in [1.54, 1.807) is 63.9 Å². The van der Waals surface area contributed by atoms with Gasteiger partial charge in [-0.1, -0.05) is 6.07 Å². The maximum absolute atomic E-state index is 13.7. The van der Waals surface area contributed by atoms with Gasteiger partial charge >= 0.3 is 6.09 Å². The molecule has 3 aromatic heterocycles. The van der Waals surface area contributed by atoms with E-state index in [2.05, 4.69) is 20.3 Å². The number of aromatic nitrogens is 4. The lowest BCUT2D eigenvalue weighted by molar-refractivity contribution is 0.0248. The number of imide groups is 1. The quantitative estimate of drug-likeness (QED) is 0.376. The number of amides is 2. The Balaban J connectivity index is 1.34. The van der Waals surface area contributed by atoms with Crippen molar-refractivity contribution in [1.82, 2.24) is 24.3 Å². The van der Waals surface area contributed by atoms with Gasteiger partial charge < -0.3 is 20.1 Å². The van der Waals surface area contributed by atoms with Gasteiger partial charge in [0.15, 0.2) is 5.65 Å². The molecule has 4 aromatic rings. The predicted molar refractivity (Wildman–Crippen MR) is 150 cm³/mol. The van der Waals surface area contributed by atoms with Crippen molar-refractivity contribution in [3.8, 4) is 11.3 Å². The zero-order chi connectivity index (χ0) is 28.9. The van der Waals surface area contributed by atoms with Crippen molar-refractivity contribution in [2.75, 3.05) is 23.3 Å². The number of rotatable bonds is 4. The molecule has 2 N–H and O–H groups in total. The first kappa shape index (κ1) is 26.6. The lowest BCUT2D eigenvalue weighted by atomic mass is 9.99. The number of anilines is 3. The van der Waals surface area contributed by atoms with Crippen LogP contribution in [-0.4, -0.2) is 72.3 Å². The van der Waals surface area contributed by atoms with Gasteiger partial charge in [-0.15, -0.1) is 0 Å². The summed E-state index contributed by atoms with van der Waals surface area (Å²) >= 11 is 0. The average Bonchev–Trinajstić information content (AvgIpc) is 3.52. The Morgan fingerprint density at radius 1 is 1.15 bits per heavy atom. The molecule has 0 spiro atoms. The standard InChI is InChI=1S/C29H30FN7O4/c1-29(2,3)41-28(40)37-15-19-18(22-13-33-25-14-31-9-11-36(22)25)5-6-21(26(19)27(37)39)34-24-7-4-17(12-32-24)35-10-8-20(30)23(38)16-35/h4-7,9,11-14,20,23,38H,8,10,15-16H2,1-3H3,(H,32,34)/t20?,23-/m0/s1. The normalized spacial score (nSPS) is 19.0. The van der Waals surface area contributed by atoms with Gasteiger partial charge in [0, 0.05) is 31.0 Å². The molecule has 5 heterocycles. The van der Waals surface area contributed by atoms with Crippen molar-refractivity contribution in [2.45, 2.75) is 51.6 Å². The van der Waals surface area contributed by atoms with Crippen molar-refractivity contribution in [2.24, 2.45) is 0 Å². The Kier molecular flexibility index (Phi) is 6.57. The Hall–Kier alpha value is -4.58. The summed E-state index contributed by atoms with van der Waals surface area (Å²) < 4.78 is 21.1. The second kappa shape index (κ2) is 10.1. The van der Waals surface area contributed by atoms with Gasteiger partial charge in [-0.25, -0.2) is 24.1 Å². The highest BCUT2D eigenvalue weighted by Crippen LogP contribution is 2.39. The summed E-state index contributed by atoms with van der Waals surface area (Å²) in [7, 11) is 0. The lowest BCUT2D eigenvalue weighted by Gasteiger charge is -2.33. The number of hydrogen-bond donors (Lipinski definition) is 2. The van der Waals surface area contributed by atoms with E-state index in [4.69, 9.17) is 4.74 Å². The van der Waals surface area contributed by atoms with Crippen LogP contribution in [0.25, 0.3) is 16.9 Å². The first-order valence-electron chi connectivity index (χ1n) is 13.4. The van der Waals surface area contributed by atoms with E-state index in [0.29, 0.717) is 34.8 Å². The molecule has 11 nitrogen and oxygen atoms in total. The van der Waals surface area contributed by atoms with E-state index < -0.39 is 29.9 Å². The smallest absolute Gasteiger partial charge is 0.417 e.